The molecular weight excluding hydrogens is 338 g/mol. The summed E-state index contributed by atoms with van der Waals surface area (Å²) in [6.45, 7) is 0. The standard InChI is InChI=1S/C23H25NO3/c25-22(24-26)18-1-5-20(6-2-18)27-21-7-3-19(4-8-21)23-12-15-9-16(13-23)11-17(10-15)14-23/h1-8,15-17,26H,9-14H2,(H,24,25). The fraction of sp³-hybridized carbons (Fsp3) is 0.435. The molecular formula is C23H25NO3. The zero-order chi connectivity index (χ0) is 18.4. The largest absolute Gasteiger partial charge is 0.457 e. The number of hydroxylamine groups is 1. The van der Waals surface area contributed by atoms with Crippen molar-refractivity contribution in [1.82, 2.24) is 5.48 Å². The first-order valence-corrected chi connectivity index (χ1v) is 9.96. The Morgan fingerprint density at radius 1 is 0.852 bits per heavy atom. The van der Waals surface area contributed by atoms with Crippen LogP contribution in [0.4, 0.5) is 0 Å². The van der Waals surface area contributed by atoms with E-state index in [1.807, 2.05) is 0 Å². The molecule has 0 radical (unpaired) electrons. The Kier molecular flexibility index (Phi) is 3.97. The van der Waals surface area contributed by atoms with Gasteiger partial charge in [-0.25, -0.2) is 5.48 Å². The van der Waals surface area contributed by atoms with E-state index in [2.05, 4.69) is 24.3 Å². The first kappa shape index (κ1) is 16.8. The van der Waals surface area contributed by atoms with Crippen LogP contribution in [0.5, 0.6) is 11.5 Å². The molecule has 4 saturated carbocycles. The number of hydrogen-bond acceptors (Lipinski definition) is 3. The lowest BCUT2D eigenvalue weighted by atomic mass is 9.48. The minimum Gasteiger partial charge on any atom is -0.457 e. The van der Waals surface area contributed by atoms with Crippen molar-refractivity contribution in [3.05, 3.63) is 59.7 Å². The van der Waals surface area contributed by atoms with Gasteiger partial charge in [0.1, 0.15) is 11.5 Å². The molecule has 1 amide bonds. The van der Waals surface area contributed by atoms with Crippen LogP contribution >= 0.6 is 0 Å². The number of benzene rings is 2. The summed E-state index contributed by atoms with van der Waals surface area (Å²) in [4.78, 5) is 11.4. The highest BCUT2D eigenvalue weighted by Crippen LogP contribution is 2.60. The zero-order valence-electron chi connectivity index (χ0n) is 15.4. The Morgan fingerprint density at radius 2 is 1.33 bits per heavy atom. The molecule has 0 aliphatic heterocycles. The van der Waals surface area contributed by atoms with E-state index in [1.165, 1.54) is 44.1 Å². The molecule has 0 heterocycles. The van der Waals surface area contributed by atoms with Crippen molar-refractivity contribution in [3.8, 4) is 11.5 Å². The summed E-state index contributed by atoms with van der Waals surface area (Å²) in [7, 11) is 0. The van der Waals surface area contributed by atoms with Gasteiger partial charge >= 0.3 is 0 Å². The molecule has 6 rings (SSSR count). The van der Waals surface area contributed by atoms with Crippen molar-refractivity contribution in [3.63, 3.8) is 0 Å². The highest BCUT2D eigenvalue weighted by molar-refractivity contribution is 5.93. The van der Waals surface area contributed by atoms with Gasteiger partial charge in [-0.3, -0.25) is 10.0 Å². The molecule has 2 N–H and O–H groups in total. The lowest BCUT2D eigenvalue weighted by Crippen LogP contribution is -2.48. The third kappa shape index (κ3) is 3.02. The normalized spacial score (nSPS) is 30.9. The van der Waals surface area contributed by atoms with E-state index in [0.29, 0.717) is 16.7 Å². The summed E-state index contributed by atoms with van der Waals surface area (Å²) in [5.74, 6) is 3.79. The van der Waals surface area contributed by atoms with Gasteiger partial charge < -0.3 is 4.74 Å². The molecule has 4 heteroatoms. The molecule has 4 nitrogen and oxygen atoms in total. The minimum absolute atomic E-state index is 0.391. The van der Waals surface area contributed by atoms with Crippen molar-refractivity contribution >= 4 is 5.91 Å². The Balaban J connectivity index is 1.31. The lowest BCUT2D eigenvalue weighted by molar-refractivity contribution is -0.00520. The summed E-state index contributed by atoms with van der Waals surface area (Å²) in [5, 5.41) is 8.68. The second-order valence-electron chi connectivity index (χ2n) is 8.79. The van der Waals surface area contributed by atoms with Crippen LogP contribution in [0.25, 0.3) is 0 Å². The van der Waals surface area contributed by atoms with Gasteiger partial charge in [0.05, 0.1) is 0 Å². The lowest BCUT2D eigenvalue weighted by Gasteiger charge is -2.57. The summed E-state index contributed by atoms with van der Waals surface area (Å²) in [6, 6.07) is 15.4. The highest BCUT2D eigenvalue weighted by atomic mass is 16.5. The number of hydrogen-bond donors (Lipinski definition) is 2. The van der Waals surface area contributed by atoms with Gasteiger partial charge in [-0.05, 0) is 104 Å². The van der Waals surface area contributed by atoms with Crippen molar-refractivity contribution < 1.29 is 14.7 Å². The van der Waals surface area contributed by atoms with Crippen LogP contribution in [0.2, 0.25) is 0 Å². The second kappa shape index (κ2) is 6.38. The number of rotatable bonds is 4. The van der Waals surface area contributed by atoms with Gasteiger partial charge in [0.15, 0.2) is 0 Å². The Morgan fingerprint density at radius 3 is 1.81 bits per heavy atom. The molecule has 27 heavy (non-hydrogen) atoms. The third-order valence-corrected chi connectivity index (χ3v) is 6.96. The van der Waals surface area contributed by atoms with E-state index < -0.39 is 5.91 Å². The molecule has 4 fully saturated rings. The first-order chi connectivity index (χ1) is 13.1. The van der Waals surface area contributed by atoms with Crippen LogP contribution in [0.15, 0.2) is 48.5 Å². The Bertz CT molecular complexity index is 806. The van der Waals surface area contributed by atoms with E-state index >= 15 is 0 Å². The summed E-state index contributed by atoms with van der Waals surface area (Å²) in [6.07, 6.45) is 8.50. The predicted molar refractivity (Wildman–Crippen MR) is 102 cm³/mol. The number of carbonyl (C=O) groups excluding carboxylic acids is 1. The van der Waals surface area contributed by atoms with Crippen LogP contribution < -0.4 is 10.2 Å². The Labute approximate surface area is 159 Å². The molecule has 0 unspecified atom stereocenters. The zero-order valence-corrected chi connectivity index (χ0v) is 15.4. The van der Waals surface area contributed by atoms with Gasteiger partial charge in [0.2, 0.25) is 0 Å². The highest BCUT2D eigenvalue weighted by Gasteiger charge is 2.51. The fourth-order valence-corrected chi connectivity index (χ4v) is 6.22. The molecule has 4 aliphatic rings. The summed E-state index contributed by atoms with van der Waals surface area (Å²) < 4.78 is 5.93. The molecule has 2 aromatic carbocycles. The second-order valence-corrected chi connectivity index (χ2v) is 8.79. The van der Waals surface area contributed by atoms with Crippen LogP contribution in [0, 0.1) is 17.8 Å². The van der Waals surface area contributed by atoms with Crippen molar-refractivity contribution in [1.29, 1.82) is 0 Å². The molecule has 0 aromatic heterocycles. The summed E-state index contributed by atoms with van der Waals surface area (Å²) >= 11 is 0. The average molecular weight is 363 g/mol. The van der Waals surface area contributed by atoms with Crippen molar-refractivity contribution in [2.45, 2.75) is 43.9 Å². The maximum Gasteiger partial charge on any atom is 0.274 e. The van der Waals surface area contributed by atoms with Crippen LogP contribution in [0.1, 0.15) is 54.4 Å². The molecule has 4 aliphatic carbocycles. The maximum absolute atomic E-state index is 11.4. The van der Waals surface area contributed by atoms with E-state index in [-0.39, 0.29) is 0 Å². The van der Waals surface area contributed by atoms with Gasteiger partial charge in [0.25, 0.3) is 5.91 Å². The number of nitrogens with one attached hydrogen (secondary N) is 1. The molecule has 140 valence electrons. The number of amides is 1. The van der Waals surface area contributed by atoms with E-state index in [9.17, 15) is 4.79 Å². The first-order valence-electron chi connectivity index (χ1n) is 9.96. The monoisotopic (exact) mass is 363 g/mol. The molecule has 0 spiro atoms. The molecule has 0 atom stereocenters. The topological polar surface area (TPSA) is 58.6 Å². The van der Waals surface area contributed by atoms with Crippen molar-refractivity contribution in [2.24, 2.45) is 17.8 Å². The SMILES string of the molecule is O=C(NO)c1ccc(Oc2ccc(C34CC5CC(CC(C5)C3)C4)cc2)cc1. The quantitative estimate of drug-likeness (QED) is 0.589. The van der Waals surface area contributed by atoms with Gasteiger partial charge in [-0.1, -0.05) is 12.1 Å². The number of ether oxygens (including phenoxy) is 1. The van der Waals surface area contributed by atoms with E-state index in [1.54, 1.807) is 29.7 Å². The average Bonchev–Trinajstić information content (AvgIpc) is 2.67. The smallest absolute Gasteiger partial charge is 0.274 e. The summed E-state index contributed by atoms with van der Waals surface area (Å²) in [5.41, 5.74) is 3.92. The molecule has 2 aromatic rings. The minimum atomic E-state index is -0.526. The van der Waals surface area contributed by atoms with Crippen LogP contribution in [-0.2, 0) is 5.41 Å². The van der Waals surface area contributed by atoms with Crippen molar-refractivity contribution in [2.75, 3.05) is 0 Å². The van der Waals surface area contributed by atoms with E-state index in [4.69, 9.17) is 9.94 Å². The van der Waals surface area contributed by atoms with E-state index in [0.717, 1.165) is 23.5 Å². The maximum atomic E-state index is 11.4. The third-order valence-electron chi connectivity index (χ3n) is 6.96. The molecule has 4 bridgehead atoms. The van der Waals surface area contributed by atoms with Gasteiger partial charge in [-0.15, -0.1) is 0 Å². The van der Waals surface area contributed by atoms with Gasteiger partial charge in [0, 0.05) is 5.56 Å². The van der Waals surface area contributed by atoms with Crippen LogP contribution in [0.3, 0.4) is 0 Å². The van der Waals surface area contributed by atoms with Gasteiger partial charge in [-0.2, -0.15) is 0 Å². The van der Waals surface area contributed by atoms with Crippen LogP contribution in [-0.4, -0.2) is 11.1 Å². The Hall–Kier alpha value is -2.33. The number of carbonyl (C=O) groups is 1. The molecule has 0 saturated heterocycles. The fourth-order valence-electron chi connectivity index (χ4n) is 6.22. The predicted octanol–water partition coefficient (Wildman–Crippen LogP) is 5.07.